The minimum atomic E-state index is 0.332. The first-order chi connectivity index (χ1) is 10.2. The van der Waals surface area contributed by atoms with Gasteiger partial charge in [-0.05, 0) is 23.8 Å². The van der Waals surface area contributed by atoms with Crippen LogP contribution in [-0.4, -0.2) is 25.2 Å². The van der Waals surface area contributed by atoms with Crippen LogP contribution in [0.1, 0.15) is 5.56 Å². The van der Waals surface area contributed by atoms with Crippen molar-refractivity contribution in [3.05, 3.63) is 48.2 Å². The number of aliphatic imine (C=N–C) groups is 1. The number of pyridine rings is 1. The number of nitrogens with two attached hydrogens (primary N) is 1. The number of rotatable bonds is 5. The second kappa shape index (κ2) is 7.14. The van der Waals surface area contributed by atoms with E-state index in [1.807, 2.05) is 36.4 Å². The zero-order valence-corrected chi connectivity index (χ0v) is 12.0. The van der Waals surface area contributed by atoms with Crippen LogP contribution in [0.4, 0.5) is 5.69 Å². The van der Waals surface area contributed by atoms with Crippen molar-refractivity contribution in [1.82, 2.24) is 4.98 Å². The maximum absolute atomic E-state index is 5.87. The van der Waals surface area contributed by atoms with Gasteiger partial charge in [0.1, 0.15) is 5.75 Å². The molecule has 0 aliphatic carbocycles. The largest absolute Gasteiger partial charge is 0.497 e. The molecule has 0 aliphatic rings. The average molecular weight is 286 g/mol. The Balaban J connectivity index is 2.00. The summed E-state index contributed by atoms with van der Waals surface area (Å²) >= 11 is 0. The van der Waals surface area contributed by atoms with E-state index in [4.69, 9.17) is 15.2 Å². The number of anilines is 1. The summed E-state index contributed by atoms with van der Waals surface area (Å²) in [6.07, 6.45) is 1.68. The van der Waals surface area contributed by atoms with Gasteiger partial charge in [-0.15, -0.1) is 0 Å². The SMILES string of the molecule is COc1cccc(NC(N)=NCc2ccnc(OC)c2)c1. The van der Waals surface area contributed by atoms with Crippen LogP contribution < -0.4 is 20.5 Å². The third kappa shape index (κ3) is 4.38. The first-order valence-corrected chi connectivity index (χ1v) is 6.41. The molecule has 21 heavy (non-hydrogen) atoms. The highest BCUT2D eigenvalue weighted by molar-refractivity contribution is 5.92. The lowest BCUT2D eigenvalue weighted by atomic mass is 10.3. The molecule has 0 fully saturated rings. The molecule has 1 heterocycles. The smallest absolute Gasteiger partial charge is 0.213 e. The molecule has 0 unspecified atom stereocenters. The van der Waals surface area contributed by atoms with Crippen LogP contribution in [0.2, 0.25) is 0 Å². The van der Waals surface area contributed by atoms with Crippen LogP contribution in [0, 0.1) is 0 Å². The quantitative estimate of drug-likeness (QED) is 0.649. The summed E-state index contributed by atoms with van der Waals surface area (Å²) in [6.45, 7) is 0.446. The van der Waals surface area contributed by atoms with E-state index >= 15 is 0 Å². The first kappa shape index (κ1) is 14.6. The van der Waals surface area contributed by atoms with Crippen molar-refractivity contribution in [3.63, 3.8) is 0 Å². The Bertz CT molecular complexity index is 629. The standard InChI is InChI=1S/C15H18N4O2/c1-20-13-5-3-4-12(9-13)19-15(16)18-10-11-6-7-17-14(8-11)21-2/h3-9H,10H2,1-2H3,(H3,16,18,19). The third-order valence-corrected chi connectivity index (χ3v) is 2.78. The predicted molar refractivity (Wildman–Crippen MR) is 82.7 cm³/mol. The Morgan fingerprint density at radius 3 is 2.86 bits per heavy atom. The Hall–Kier alpha value is -2.76. The topological polar surface area (TPSA) is 81.8 Å². The van der Waals surface area contributed by atoms with Crippen LogP contribution >= 0.6 is 0 Å². The molecule has 0 saturated heterocycles. The fraction of sp³-hybridized carbons (Fsp3) is 0.200. The molecule has 2 aromatic rings. The molecule has 0 radical (unpaired) electrons. The molecule has 3 N–H and O–H groups in total. The zero-order valence-electron chi connectivity index (χ0n) is 12.0. The van der Waals surface area contributed by atoms with Crippen molar-refractivity contribution < 1.29 is 9.47 Å². The number of nitrogens with zero attached hydrogens (tertiary/aromatic N) is 2. The van der Waals surface area contributed by atoms with Gasteiger partial charge in [0, 0.05) is 24.0 Å². The number of methoxy groups -OCH3 is 2. The van der Waals surface area contributed by atoms with Gasteiger partial charge in [-0.1, -0.05) is 6.07 Å². The second-order valence-corrected chi connectivity index (χ2v) is 4.26. The van der Waals surface area contributed by atoms with E-state index < -0.39 is 0 Å². The van der Waals surface area contributed by atoms with Crippen molar-refractivity contribution in [2.24, 2.45) is 10.7 Å². The van der Waals surface area contributed by atoms with Crippen LogP contribution in [0.3, 0.4) is 0 Å². The Labute approximate surface area is 123 Å². The molecule has 0 atom stereocenters. The van der Waals surface area contributed by atoms with Crippen LogP contribution in [0.5, 0.6) is 11.6 Å². The van der Waals surface area contributed by atoms with E-state index in [0.717, 1.165) is 17.0 Å². The molecule has 110 valence electrons. The fourth-order valence-electron chi connectivity index (χ4n) is 1.73. The van der Waals surface area contributed by atoms with Crippen molar-refractivity contribution in [3.8, 4) is 11.6 Å². The van der Waals surface area contributed by atoms with Gasteiger partial charge in [-0.25, -0.2) is 9.98 Å². The van der Waals surface area contributed by atoms with Gasteiger partial charge < -0.3 is 20.5 Å². The first-order valence-electron chi connectivity index (χ1n) is 6.41. The molecule has 0 saturated carbocycles. The van der Waals surface area contributed by atoms with Gasteiger partial charge in [0.05, 0.1) is 20.8 Å². The highest BCUT2D eigenvalue weighted by atomic mass is 16.5. The summed E-state index contributed by atoms with van der Waals surface area (Å²) in [6, 6.07) is 11.2. The van der Waals surface area contributed by atoms with Crippen molar-refractivity contribution in [1.29, 1.82) is 0 Å². The number of nitrogens with one attached hydrogen (secondary N) is 1. The minimum Gasteiger partial charge on any atom is -0.497 e. The molecule has 6 nitrogen and oxygen atoms in total. The molecule has 0 aliphatic heterocycles. The number of guanidine groups is 1. The Morgan fingerprint density at radius 1 is 1.24 bits per heavy atom. The van der Waals surface area contributed by atoms with E-state index in [1.165, 1.54) is 0 Å². The summed E-state index contributed by atoms with van der Waals surface area (Å²) in [5, 5.41) is 3.02. The zero-order chi connectivity index (χ0) is 15.1. The maximum Gasteiger partial charge on any atom is 0.213 e. The van der Waals surface area contributed by atoms with Crippen molar-refractivity contribution >= 4 is 11.6 Å². The van der Waals surface area contributed by atoms with Crippen molar-refractivity contribution in [2.75, 3.05) is 19.5 Å². The number of aromatic nitrogens is 1. The van der Waals surface area contributed by atoms with Crippen molar-refractivity contribution in [2.45, 2.75) is 6.54 Å². The number of benzene rings is 1. The van der Waals surface area contributed by atoms with E-state index in [1.54, 1.807) is 20.4 Å². The molecule has 0 bridgehead atoms. The summed E-state index contributed by atoms with van der Waals surface area (Å²) < 4.78 is 10.2. The molecular formula is C15H18N4O2. The highest BCUT2D eigenvalue weighted by Crippen LogP contribution is 2.16. The average Bonchev–Trinajstić information content (AvgIpc) is 2.53. The minimum absolute atomic E-state index is 0.332. The van der Waals surface area contributed by atoms with Gasteiger partial charge in [-0.3, -0.25) is 0 Å². The molecule has 1 aromatic carbocycles. The van der Waals surface area contributed by atoms with Gasteiger partial charge in [0.2, 0.25) is 5.88 Å². The molecule has 0 spiro atoms. The normalized spacial score (nSPS) is 11.0. The number of ether oxygens (including phenoxy) is 2. The van der Waals surface area contributed by atoms with Gasteiger partial charge >= 0.3 is 0 Å². The van der Waals surface area contributed by atoms with Gasteiger partial charge in [-0.2, -0.15) is 0 Å². The summed E-state index contributed by atoms with van der Waals surface area (Å²) in [4.78, 5) is 8.32. The number of hydrogen-bond donors (Lipinski definition) is 2. The highest BCUT2D eigenvalue weighted by Gasteiger charge is 1.99. The van der Waals surface area contributed by atoms with E-state index in [-0.39, 0.29) is 0 Å². The van der Waals surface area contributed by atoms with Crippen LogP contribution in [0.25, 0.3) is 0 Å². The lowest BCUT2D eigenvalue weighted by molar-refractivity contribution is 0.397. The lowest BCUT2D eigenvalue weighted by Gasteiger charge is -2.07. The van der Waals surface area contributed by atoms with E-state index in [0.29, 0.717) is 18.4 Å². The monoisotopic (exact) mass is 286 g/mol. The summed E-state index contributed by atoms with van der Waals surface area (Å²) in [7, 11) is 3.20. The second-order valence-electron chi connectivity index (χ2n) is 4.26. The van der Waals surface area contributed by atoms with E-state index in [2.05, 4.69) is 15.3 Å². The predicted octanol–water partition coefficient (Wildman–Crippen LogP) is 2.03. The van der Waals surface area contributed by atoms with Gasteiger partial charge in [0.15, 0.2) is 5.96 Å². The molecular weight excluding hydrogens is 268 g/mol. The lowest BCUT2D eigenvalue weighted by Crippen LogP contribution is -2.22. The molecule has 1 aromatic heterocycles. The Kier molecular flexibility index (Phi) is 4.98. The Morgan fingerprint density at radius 2 is 2.10 bits per heavy atom. The number of hydrogen-bond acceptors (Lipinski definition) is 4. The van der Waals surface area contributed by atoms with Gasteiger partial charge in [0.25, 0.3) is 0 Å². The van der Waals surface area contributed by atoms with Crippen LogP contribution in [-0.2, 0) is 6.54 Å². The molecule has 6 heteroatoms. The van der Waals surface area contributed by atoms with Crippen LogP contribution in [0.15, 0.2) is 47.6 Å². The fourth-order valence-corrected chi connectivity index (χ4v) is 1.73. The molecule has 0 amide bonds. The maximum atomic E-state index is 5.87. The molecule has 2 rings (SSSR count). The third-order valence-electron chi connectivity index (χ3n) is 2.78. The summed E-state index contributed by atoms with van der Waals surface area (Å²) in [5.41, 5.74) is 7.66. The van der Waals surface area contributed by atoms with E-state index in [9.17, 15) is 0 Å². The summed E-state index contributed by atoms with van der Waals surface area (Å²) in [5.74, 6) is 1.65.